The van der Waals surface area contributed by atoms with Crippen LogP contribution in [0.4, 0.5) is 0 Å². The molecule has 0 N–H and O–H groups in total. The Hall–Kier alpha value is 0.514. The molecule has 0 bridgehead atoms. The zero-order valence-electron chi connectivity index (χ0n) is 28.9. The standard InChI is InChI=1S/C32H44N2O6S8Si2/c1-35-49(36-2,37-3)27-19-11-17-25(29(27)31-33-21-13-7-9-15-23(21)41-31)43-45-47-48-46-44-26-18-12-20-28(50(38-4,39-5)40-6)30(26)32-34-22-14-8-10-16-24(22)42-32/h7-10,13-16,25-30H,11-12,17-20H2,1-6H3. The van der Waals surface area contributed by atoms with Crippen molar-refractivity contribution in [3.8, 4) is 0 Å². The molecule has 2 aliphatic rings. The summed E-state index contributed by atoms with van der Waals surface area (Å²) in [6.45, 7) is 0. The third-order valence-electron chi connectivity index (χ3n) is 9.89. The minimum Gasteiger partial charge on any atom is -0.377 e. The van der Waals surface area contributed by atoms with Gasteiger partial charge < -0.3 is 26.6 Å². The SMILES string of the molecule is CO[Si](OC)(OC)C1CCCC(SSSSSSC2CCCC([Si](OC)(OC)OC)C2c2nc3ccccc3s2)C1c1nc2ccccc2s1. The predicted molar refractivity (Wildman–Crippen MR) is 227 cm³/mol. The van der Waals surface area contributed by atoms with Crippen LogP contribution in [0, 0.1) is 0 Å². The fourth-order valence-electron chi connectivity index (χ4n) is 7.62. The van der Waals surface area contributed by atoms with Crippen LogP contribution in [0.5, 0.6) is 0 Å². The molecule has 2 aliphatic carbocycles. The summed E-state index contributed by atoms with van der Waals surface area (Å²) in [6, 6.07) is 16.9. The molecule has 6 unspecified atom stereocenters. The van der Waals surface area contributed by atoms with E-state index in [1.807, 2.05) is 60.9 Å². The summed E-state index contributed by atoms with van der Waals surface area (Å²) in [5.74, 6) is 0.386. The predicted octanol–water partition coefficient (Wildman–Crippen LogP) is 11.3. The molecule has 0 amide bonds. The average Bonchev–Trinajstić information content (AvgIpc) is 3.80. The Morgan fingerprint density at radius 3 is 1.28 bits per heavy atom. The molecule has 4 aromatic rings. The number of para-hydroxylation sites is 2. The number of hydrogen-bond donors (Lipinski definition) is 0. The number of fused-ring (bicyclic) bond motifs is 2. The third-order valence-corrected chi connectivity index (χ3v) is 30.4. The Labute approximate surface area is 328 Å². The fraction of sp³-hybridized carbons (Fsp3) is 0.562. The Morgan fingerprint density at radius 2 is 0.920 bits per heavy atom. The van der Waals surface area contributed by atoms with Crippen molar-refractivity contribution >= 4 is 122 Å². The van der Waals surface area contributed by atoms with Crippen LogP contribution in [0.15, 0.2) is 48.5 Å². The molecule has 2 aromatic heterocycles. The summed E-state index contributed by atoms with van der Waals surface area (Å²) in [5, 5.41) is 3.07. The molecule has 18 heteroatoms. The van der Waals surface area contributed by atoms with Crippen LogP contribution in [0.25, 0.3) is 20.4 Å². The van der Waals surface area contributed by atoms with Crippen molar-refractivity contribution in [2.75, 3.05) is 42.7 Å². The van der Waals surface area contributed by atoms with E-state index < -0.39 is 17.6 Å². The van der Waals surface area contributed by atoms with Gasteiger partial charge in [-0.15, -0.1) is 22.7 Å². The molecule has 0 spiro atoms. The molecule has 0 radical (unpaired) electrons. The van der Waals surface area contributed by atoms with Gasteiger partial charge in [0.05, 0.1) is 30.4 Å². The number of rotatable bonds is 17. The van der Waals surface area contributed by atoms with Gasteiger partial charge in [0, 0.05) is 76.1 Å². The van der Waals surface area contributed by atoms with Gasteiger partial charge in [-0.25, -0.2) is 9.97 Å². The highest BCUT2D eigenvalue weighted by Gasteiger charge is 2.56. The van der Waals surface area contributed by atoms with Crippen molar-refractivity contribution in [1.82, 2.24) is 9.97 Å². The lowest BCUT2D eigenvalue weighted by atomic mass is 9.88. The molecule has 2 fully saturated rings. The van der Waals surface area contributed by atoms with Crippen LogP contribution in [0.2, 0.25) is 11.1 Å². The summed E-state index contributed by atoms with van der Waals surface area (Å²) < 4.78 is 39.0. The van der Waals surface area contributed by atoms with Gasteiger partial charge in [0.15, 0.2) is 0 Å². The van der Waals surface area contributed by atoms with Gasteiger partial charge in [-0.1, -0.05) is 58.7 Å². The topological polar surface area (TPSA) is 81.2 Å². The largest absolute Gasteiger partial charge is 0.504 e. The molecule has 2 heterocycles. The molecular weight excluding hydrogens is 821 g/mol. The first-order valence-corrected chi connectivity index (χ1v) is 29.3. The van der Waals surface area contributed by atoms with Crippen LogP contribution in [-0.4, -0.2) is 80.7 Å². The van der Waals surface area contributed by atoms with Crippen molar-refractivity contribution in [2.24, 2.45) is 0 Å². The first kappa shape index (κ1) is 40.2. The zero-order chi connectivity index (χ0) is 35.1. The molecule has 50 heavy (non-hydrogen) atoms. The van der Waals surface area contributed by atoms with E-state index in [0.717, 1.165) is 59.6 Å². The van der Waals surface area contributed by atoms with Crippen LogP contribution < -0.4 is 0 Å². The number of thiazole rings is 2. The van der Waals surface area contributed by atoms with Crippen LogP contribution in [-0.2, 0) is 26.6 Å². The summed E-state index contributed by atoms with van der Waals surface area (Å²) >= 11 is 3.60. The smallest absolute Gasteiger partial charge is 0.377 e. The Kier molecular flexibility index (Phi) is 15.2. The second kappa shape index (κ2) is 18.9. The van der Waals surface area contributed by atoms with Gasteiger partial charge in [0.1, 0.15) is 0 Å². The van der Waals surface area contributed by atoms with Gasteiger partial charge in [0.25, 0.3) is 0 Å². The van der Waals surface area contributed by atoms with Crippen molar-refractivity contribution in [3.63, 3.8) is 0 Å². The van der Waals surface area contributed by atoms with Crippen molar-refractivity contribution in [2.45, 2.75) is 71.9 Å². The van der Waals surface area contributed by atoms with E-state index in [1.54, 1.807) is 65.3 Å². The quantitative estimate of drug-likeness (QED) is 0.0574. The number of aromatic nitrogens is 2. The van der Waals surface area contributed by atoms with Crippen molar-refractivity contribution in [1.29, 1.82) is 0 Å². The highest BCUT2D eigenvalue weighted by atomic mass is 33.9. The molecule has 6 rings (SSSR count). The molecule has 8 nitrogen and oxygen atoms in total. The lowest BCUT2D eigenvalue weighted by molar-refractivity contribution is 0.100. The first-order chi connectivity index (χ1) is 24.5. The van der Waals surface area contributed by atoms with E-state index in [2.05, 4.69) is 48.5 Å². The Bertz CT molecular complexity index is 1460. The Balaban J connectivity index is 1.12. The number of hydrogen-bond acceptors (Lipinski definition) is 16. The highest BCUT2D eigenvalue weighted by molar-refractivity contribution is 9.41. The van der Waals surface area contributed by atoms with Gasteiger partial charge in [-0.2, -0.15) is 0 Å². The number of nitrogens with zero attached hydrogens (tertiary/aromatic N) is 2. The molecule has 2 saturated carbocycles. The zero-order valence-corrected chi connectivity index (χ0v) is 37.5. The molecule has 2 aromatic carbocycles. The average molecular weight is 865 g/mol. The minimum atomic E-state index is -2.91. The van der Waals surface area contributed by atoms with Crippen molar-refractivity contribution in [3.05, 3.63) is 58.5 Å². The van der Waals surface area contributed by atoms with Crippen LogP contribution in [0.1, 0.15) is 60.4 Å². The van der Waals surface area contributed by atoms with Crippen LogP contribution >= 0.6 is 83.6 Å². The first-order valence-electron chi connectivity index (χ1n) is 16.5. The molecule has 0 aliphatic heterocycles. The molecular formula is C32H44N2O6S8Si2. The number of benzene rings is 2. The van der Waals surface area contributed by atoms with Gasteiger partial charge in [0.2, 0.25) is 0 Å². The van der Waals surface area contributed by atoms with Crippen LogP contribution in [0.3, 0.4) is 0 Å². The molecule has 6 atom stereocenters. The lowest BCUT2D eigenvalue weighted by Crippen LogP contribution is -2.52. The second-order valence-corrected chi connectivity index (χ2v) is 30.4. The maximum absolute atomic E-state index is 6.09. The van der Waals surface area contributed by atoms with E-state index in [4.69, 9.17) is 36.5 Å². The lowest BCUT2D eigenvalue weighted by Gasteiger charge is -2.42. The Morgan fingerprint density at radius 1 is 0.540 bits per heavy atom. The maximum Gasteiger partial charge on any atom is 0.504 e. The summed E-state index contributed by atoms with van der Waals surface area (Å²) in [4.78, 5) is 10.3. The van der Waals surface area contributed by atoms with Gasteiger partial charge >= 0.3 is 17.6 Å². The van der Waals surface area contributed by atoms with Gasteiger partial charge in [-0.05, 0) is 89.3 Å². The van der Waals surface area contributed by atoms with E-state index in [1.165, 1.54) is 9.40 Å². The highest BCUT2D eigenvalue weighted by Crippen LogP contribution is 2.62. The minimum absolute atomic E-state index is 0.151. The summed E-state index contributed by atoms with van der Waals surface area (Å²) in [6.07, 6.45) is 6.50. The van der Waals surface area contributed by atoms with E-state index in [9.17, 15) is 0 Å². The summed E-state index contributed by atoms with van der Waals surface area (Å²) in [7, 11) is 16.0. The molecule has 274 valence electrons. The van der Waals surface area contributed by atoms with Gasteiger partial charge in [-0.3, -0.25) is 0 Å². The second-order valence-electron chi connectivity index (χ2n) is 12.1. The van der Waals surface area contributed by atoms with E-state index in [0.29, 0.717) is 10.5 Å². The van der Waals surface area contributed by atoms with Crippen molar-refractivity contribution < 1.29 is 26.6 Å². The monoisotopic (exact) mass is 864 g/mol. The normalized spacial score (nSPS) is 25.1. The fourth-order valence-corrected chi connectivity index (χ4v) is 29.7. The summed E-state index contributed by atoms with van der Waals surface area (Å²) in [5.41, 5.74) is 2.42. The molecule has 0 saturated heterocycles. The maximum atomic E-state index is 6.09. The van der Waals surface area contributed by atoms with E-state index >= 15 is 0 Å². The van der Waals surface area contributed by atoms with E-state index in [-0.39, 0.29) is 22.9 Å². The third kappa shape index (κ3) is 8.50.